The molecule has 0 aliphatic heterocycles. The number of hydrogen-bond donors (Lipinski definition) is 2. The van der Waals surface area contributed by atoms with E-state index in [-0.39, 0.29) is 49.7 Å². The standard InChI is InChI=1S/C22H40O8P2/c23-21(24)13-17-31(27,19-9-3-1-4-10-19)29-15-7-8-16-30-32(28,18-14-22(25)26)20-11-5-2-6-12-20/h19-20H,1-18H2,(H,23,24)(H,25,26). The summed E-state index contributed by atoms with van der Waals surface area (Å²) in [6, 6.07) is 0. The number of carboxylic acids is 2. The largest absolute Gasteiger partial charge is 0.481 e. The minimum Gasteiger partial charge on any atom is -0.481 e. The maximum absolute atomic E-state index is 13.4. The van der Waals surface area contributed by atoms with Crippen molar-refractivity contribution < 1.29 is 38.0 Å². The molecule has 2 aliphatic rings. The Balaban J connectivity index is 1.80. The first-order chi connectivity index (χ1) is 15.3. The molecular formula is C22H40O8P2. The Bertz CT molecular complexity index is 625. The second-order valence-electron chi connectivity index (χ2n) is 9.14. The second kappa shape index (κ2) is 13.9. The van der Waals surface area contributed by atoms with E-state index in [4.69, 9.17) is 19.3 Å². The summed E-state index contributed by atoms with van der Waals surface area (Å²) in [4.78, 5) is 22.0. The van der Waals surface area contributed by atoms with Gasteiger partial charge in [-0.05, 0) is 38.5 Å². The molecule has 8 nitrogen and oxygen atoms in total. The van der Waals surface area contributed by atoms with Crippen LogP contribution in [0.15, 0.2) is 0 Å². The number of aliphatic carboxylic acids is 2. The second-order valence-corrected chi connectivity index (χ2v) is 14.9. The summed E-state index contributed by atoms with van der Waals surface area (Å²) in [5, 5.41) is 18.0. The lowest BCUT2D eigenvalue weighted by Crippen LogP contribution is -2.19. The van der Waals surface area contributed by atoms with E-state index in [1.807, 2.05) is 0 Å². The van der Waals surface area contributed by atoms with Gasteiger partial charge in [0.05, 0.1) is 26.1 Å². The van der Waals surface area contributed by atoms with Crippen molar-refractivity contribution in [3.63, 3.8) is 0 Å². The van der Waals surface area contributed by atoms with Gasteiger partial charge in [-0.15, -0.1) is 0 Å². The number of unbranched alkanes of at least 4 members (excludes halogenated alkanes) is 1. The summed E-state index contributed by atoms with van der Waals surface area (Å²) in [6.45, 7) is 0.527. The summed E-state index contributed by atoms with van der Waals surface area (Å²) < 4.78 is 38.5. The molecule has 0 amide bonds. The monoisotopic (exact) mass is 494 g/mol. The zero-order valence-electron chi connectivity index (χ0n) is 19.1. The van der Waals surface area contributed by atoms with Crippen LogP contribution in [-0.2, 0) is 27.8 Å². The van der Waals surface area contributed by atoms with Crippen LogP contribution in [0.4, 0.5) is 0 Å². The molecule has 0 bridgehead atoms. The summed E-state index contributed by atoms with van der Waals surface area (Å²) in [5.74, 6) is -1.92. The van der Waals surface area contributed by atoms with E-state index in [1.165, 1.54) is 0 Å². The topological polar surface area (TPSA) is 127 Å². The van der Waals surface area contributed by atoms with Gasteiger partial charge in [0, 0.05) is 23.6 Å². The predicted molar refractivity (Wildman–Crippen MR) is 124 cm³/mol. The Labute approximate surface area is 191 Å². The molecule has 2 saturated carbocycles. The highest BCUT2D eigenvalue weighted by Crippen LogP contribution is 2.58. The van der Waals surface area contributed by atoms with Crippen LogP contribution in [0.2, 0.25) is 0 Å². The summed E-state index contributed by atoms with van der Waals surface area (Å²) in [5.41, 5.74) is -0.0937. The van der Waals surface area contributed by atoms with Gasteiger partial charge in [-0.2, -0.15) is 0 Å². The van der Waals surface area contributed by atoms with Crippen LogP contribution in [0.1, 0.15) is 89.9 Å². The van der Waals surface area contributed by atoms with E-state index >= 15 is 0 Å². The minimum absolute atomic E-state index is 0.0469. The van der Waals surface area contributed by atoms with E-state index in [0.717, 1.165) is 64.2 Å². The van der Waals surface area contributed by atoms with E-state index in [9.17, 15) is 18.7 Å². The molecular weight excluding hydrogens is 454 g/mol. The van der Waals surface area contributed by atoms with Crippen LogP contribution in [0.25, 0.3) is 0 Å². The van der Waals surface area contributed by atoms with Crippen molar-refractivity contribution in [1.82, 2.24) is 0 Å². The van der Waals surface area contributed by atoms with Crippen molar-refractivity contribution in [2.24, 2.45) is 0 Å². The Hall–Kier alpha value is -0.680. The average Bonchev–Trinajstić information content (AvgIpc) is 2.80. The van der Waals surface area contributed by atoms with E-state index < -0.39 is 26.7 Å². The highest BCUT2D eigenvalue weighted by atomic mass is 31.2. The highest BCUT2D eigenvalue weighted by Gasteiger charge is 2.36. The third kappa shape index (κ3) is 9.29. The number of carbonyl (C=O) groups is 2. The molecule has 0 aromatic carbocycles. The van der Waals surface area contributed by atoms with Gasteiger partial charge in [-0.3, -0.25) is 18.7 Å². The Morgan fingerprint density at radius 3 is 1.31 bits per heavy atom. The van der Waals surface area contributed by atoms with Crippen molar-refractivity contribution >= 4 is 26.7 Å². The SMILES string of the molecule is O=C(O)CCP(=O)(OCCCCOP(=O)(CCC(=O)O)C1CCCCC1)C1CCCCC1. The van der Waals surface area contributed by atoms with Gasteiger partial charge in [-0.1, -0.05) is 38.5 Å². The molecule has 32 heavy (non-hydrogen) atoms. The fraction of sp³-hybridized carbons (Fsp3) is 0.909. The molecule has 2 N–H and O–H groups in total. The molecule has 0 aromatic heterocycles. The third-order valence-corrected chi connectivity index (χ3v) is 12.9. The van der Waals surface area contributed by atoms with Gasteiger partial charge in [0.1, 0.15) is 0 Å². The summed E-state index contributed by atoms with van der Waals surface area (Å²) >= 11 is 0. The third-order valence-electron chi connectivity index (χ3n) is 6.70. The van der Waals surface area contributed by atoms with E-state index in [1.54, 1.807) is 0 Å². The summed E-state index contributed by atoms with van der Waals surface area (Å²) in [6.07, 6.45) is 10.6. The Kier molecular flexibility index (Phi) is 12.0. The van der Waals surface area contributed by atoms with Crippen molar-refractivity contribution in [1.29, 1.82) is 0 Å². The van der Waals surface area contributed by atoms with Gasteiger partial charge in [0.2, 0.25) is 14.7 Å². The van der Waals surface area contributed by atoms with Gasteiger partial charge in [-0.25, -0.2) is 0 Å². The van der Waals surface area contributed by atoms with Gasteiger partial charge in [0.25, 0.3) is 0 Å². The molecule has 0 spiro atoms. The minimum atomic E-state index is -3.02. The van der Waals surface area contributed by atoms with Crippen molar-refractivity contribution in [2.75, 3.05) is 25.5 Å². The maximum Gasteiger partial charge on any atom is 0.303 e. The Morgan fingerprint density at radius 2 is 1.00 bits per heavy atom. The number of carboxylic acid groups (broad SMARTS) is 2. The van der Waals surface area contributed by atoms with Gasteiger partial charge < -0.3 is 19.3 Å². The van der Waals surface area contributed by atoms with Gasteiger partial charge >= 0.3 is 11.9 Å². The lowest BCUT2D eigenvalue weighted by molar-refractivity contribution is -0.137. The average molecular weight is 495 g/mol. The molecule has 2 aliphatic carbocycles. The van der Waals surface area contributed by atoms with Crippen molar-refractivity contribution in [3.8, 4) is 0 Å². The normalized spacial score (nSPS) is 22.1. The highest BCUT2D eigenvalue weighted by molar-refractivity contribution is 7.60. The zero-order chi connectivity index (χ0) is 23.5. The first kappa shape index (κ1) is 27.6. The van der Waals surface area contributed by atoms with Crippen molar-refractivity contribution in [2.45, 2.75) is 101 Å². The first-order valence-corrected chi connectivity index (χ1v) is 15.9. The van der Waals surface area contributed by atoms with E-state index in [0.29, 0.717) is 12.8 Å². The summed E-state index contributed by atoms with van der Waals surface area (Å²) in [7, 11) is -6.03. The van der Waals surface area contributed by atoms with Crippen LogP contribution in [-0.4, -0.2) is 59.0 Å². The first-order valence-electron chi connectivity index (χ1n) is 12.2. The molecule has 2 unspecified atom stereocenters. The fourth-order valence-corrected chi connectivity index (χ4v) is 10.4. The zero-order valence-corrected chi connectivity index (χ0v) is 20.9. The quantitative estimate of drug-likeness (QED) is 0.211. The molecule has 0 saturated heterocycles. The lowest BCUT2D eigenvalue weighted by atomic mass is 10.0. The van der Waals surface area contributed by atoms with Crippen LogP contribution in [0.3, 0.4) is 0 Å². The molecule has 2 fully saturated rings. The molecule has 2 atom stereocenters. The molecule has 0 aromatic rings. The van der Waals surface area contributed by atoms with Crippen LogP contribution in [0.5, 0.6) is 0 Å². The Morgan fingerprint density at radius 1 is 0.656 bits per heavy atom. The smallest absolute Gasteiger partial charge is 0.303 e. The number of rotatable bonds is 15. The molecule has 10 heteroatoms. The molecule has 0 radical (unpaired) electrons. The van der Waals surface area contributed by atoms with Crippen LogP contribution in [0, 0.1) is 0 Å². The maximum atomic E-state index is 13.4. The molecule has 186 valence electrons. The fourth-order valence-electron chi connectivity index (χ4n) is 4.80. The molecule has 2 rings (SSSR count). The van der Waals surface area contributed by atoms with E-state index in [2.05, 4.69) is 0 Å². The number of hydrogen-bond acceptors (Lipinski definition) is 6. The predicted octanol–water partition coefficient (Wildman–Crippen LogP) is 5.97. The van der Waals surface area contributed by atoms with Crippen molar-refractivity contribution in [3.05, 3.63) is 0 Å². The lowest BCUT2D eigenvalue weighted by Gasteiger charge is -2.31. The van der Waals surface area contributed by atoms with Gasteiger partial charge in [0.15, 0.2) is 0 Å². The van der Waals surface area contributed by atoms with Crippen LogP contribution >= 0.6 is 14.7 Å². The molecule has 0 heterocycles. The van der Waals surface area contributed by atoms with Crippen LogP contribution < -0.4 is 0 Å².